The third-order valence-electron chi connectivity index (χ3n) is 7.08. The molecule has 5 aromatic rings. The number of fused-ring (bicyclic) bond motifs is 1. The molecule has 39 heavy (non-hydrogen) atoms. The lowest BCUT2D eigenvalue weighted by molar-refractivity contribution is -0.0366. The third kappa shape index (κ3) is 5.51. The van der Waals surface area contributed by atoms with Crippen molar-refractivity contribution in [3.8, 4) is 0 Å². The van der Waals surface area contributed by atoms with E-state index in [-0.39, 0.29) is 18.2 Å². The summed E-state index contributed by atoms with van der Waals surface area (Å²) in [4.78, 5) is 6.21. The van der Waals surface area contributed by atoms with Gasteiger partial charge in [-0.25, -0.2) is 18.4 Å². The highest BCUT2D eigenvalue weighted by molar-refractivity contribution is 6.30. The van der Waals surface area contributed by atoms with Crippen molar-refractivity contribution < 1.29 is 13.9 Å². The van der Waals surface area contributed by atoms with E-state index in [4.69, 9.17) is 16.7 Å². The van der Waals surface area contributed by atoms with Gasteiger partial charge in [-0.3, -0.25) is 4.68 Å². The van der Waals surface area contributed by atoms with Gasteiger partial charge in [0.15, 0.2) is 0 Å². The molecule has 2 aromatic heterocycles. The molecule has 202 valence electrons. The highest BCUT2D eigenvalue weighted by atomic mass is 35.5. The maximum Gasteiger partial charge on any atom is 0.137 e. The van der Waals surface area contributed by atoms with Crippen LogP contribution >= 0.6 is 11.6 Å². The smallest absolute Gasteiger partial charge is 0.137 e. The Bertz CT molecular complexity index is 1570. The number of hydrogen-bond acceptors (Lipinski definition) is 5. The van der Waals surface area contributed by atoms with E-state index < -0.39 is 23.3 Å². The molecule has 0 aliphatic heterocycles. The number of anilines is 1. The molecule has 2 heterocycles. The lowest BCUT2D eigenvalue weighted by Gasteiger charge is -2.34. The van der Waals surface area contributed by atoms with Crippen LogP contribution in [0, 0.1) is 11.6 Å². The van der Waals surface area contributed by atoms with E-state index in [9.17, 15) is 13.9 Å². The van der Waals surface area contributed by atoms with Crippen molar-refractivity contribution in [2.24, 2.45) is 0 Å². The largest absolute Gasteiger partial charge is 0.381 e. The highest BCUT2D eigenvalue weighted by Gasteiger charge is 2.41. The number of rotatable bonds is 9. The normalized spacial score (nSPS) is 14.1. The molecule has 0 spiro atoms. The van der Waals surface area contributed by atoms with E-state index in [2.05, 4.69) is 34.9 Å². The Hall–Kier alpha value is -3.82. The van der Waals surface area contributed by atoms with E-state index in [1.807, 2.05) is 42.6 Å². The molecule has 0 amide bonds. The molecule has 0 aliphatic carbocycles. The van der Waals surface area contributed by atoms with Gasteiger partial charge in [-0.05, 0) is 62.7 Å². The molecule has 2 atom stereocenters. The van der Waals surface area contributed by atoms with Crippen LogP contribution in [0.15, 0.2) is 79.5 Å². The Morgan fingerprint density at radius 3 is 2.46 bits per heavy atom. The van der Waals surface area contributed by atoms with E-state index in [0.29, 0.717) is 11.6 Å². The van der Waals surface area contributed by atoms with Crippen LogP contribution in [0.5, 0.6) is 0 Å². The van der Waals surface area contributed by atoms with Gasteiger partial charge in [-0.2, -0.15) is 10.2 Å². The zero-order chi connectivity index (χ0) is 27.7. The van der Waals surface area contributed by atoms with Crippen molar-refractivity contribution >= 4 is 28.2 Å². The molecule has 0 aliphatic rings. The molecule has 5 rings (SSSR count). The second-order valence-electron chi connectivity index (χ2n) is 10.0. The van der Waals surface area contributed by atoms with Crippen molar-refractivity contribution in [3.05, 3.63) is 107 Å². The average molecular weight is 551 g/mol. The standard InChI is InChI=1S/C29H29ClF2N6O/c1-19(2)37(14-21-4-6-23(30)7-5-21)25-9-11-28-22(12-25)15-38(35-28)20(3)29(39,16-36-18-33-17-34-36)26-10-8-24(31)13-27(26)32/h4-13,15,17-20,39H,14,16H2,1-3H3/t20-,29-/m1/s1. The SMILES string of the molecule is CC(C)N(Cc1ccc(Cl)cc1)c1ccc2nn([C@H](C)[C@](O)(Cn3cncn3)c3ccc(F)cc3F)cc2c1. The van der Waals surface area contributed by atoms with Crippen molar-refractivity contribution in [1.82, 2.24) is 24.5 Å². The van der Waals surface area contributed by atoms with Crippen molar-refractivity contribution in [3.63, 3.8) is 0 Å². The van der Waals surface area contributed by atoms with Crippen molar-refractivity contribution in [2.75, 3.05) is 4.90 Å². The quantitative estimate of drug-likeness (QED) is 0.239. The minimum atomic E-state index is -1.81. The van der Waals surface area contributed by atoms with Crippen LogP contribution in [0.25, 0.3) is 10.9 Å². The Balaban J connectivity index is 1.50. The molecule has 1 N–H and O–H groups in total. The minimum Gasteiger partial charge on any atom is -0.381 e. The summed E-state index contributed by atoms with van der Waals surface area (Å²) in [7, 11) is 0. The number of hydrogen-bond donors (Lipinski definition) is 1. The molecule has 3 aromatic carbocycles. The summed E-state index contributed by atoms with van der Waals surface area (Å²) >= 11 is 6.06. The molecule has 0 unspecified atom stereocenters. The summed E-state index contributed by atoms with van der Waals surface area (Å²) in [6.07, 6.45) is 4.60. The van der Waals surface area contributed by atoms with Gasteiger partial charge in [-0.1, -0.05) is 29.8 Å². The van der Waals surface area contributed by atoms with Gasteiger partial charge in [0.1, 0.15) is 29.9 Å². The zero-order valence-corrected chi connectivity index (χ0v) is 22.6. The van der Waals surface area contributed by atoms with E-state index >= 15 is 0 Å². The summed E-state index contributed by atoms with van der Waals surface area (Å²) in [5, 5.41) is 22.3. The highest BCUT2D eigenvalue weighted by Crippen LogP contribution is 2.37. The first kappa shape index (κ1) is 26.8. The lowest BCUT2D eigenvalue weighted by atomic mass is 9.86. The van der Waals surface area contributed by atoms with Crippen LogP contribution in [0.1, 0.15) is 37.9 Å². The topological polar surface area (TPSA) is 72.0 Å². The average Bonchev–Trinajstić information content (AvgIpc) is 3.56. The first-order chi connectivity index (χ1) is 18.6. The molecule has 0 bridgehead atoms. The molecule has 7 nitrogen and oxygen atoms in total. The number of nitrogens with zero attached hydrogens (tertiary/aromatic N) is 6. The van der Waals surface area contributed by atoms with Gasteiger partial charge in [0.05, 0.1) is 18.1 Å². The molecule has 0 fully saturated rings. The van der Waals surface area contributed by atoms with Crippen LogP contribution in [0.3, 0.4) is 0 Å². The van der Waals surface area contributed by atoms with Crippen molar-refractivity contribution in [2.45, 2.75) is 51.5 Å². The van der Waals surface area contributed by atoms with Gasteiger partial charge < -0.3 is 10.0 Å². The maximum atomic E-state index is 15.0. The van der Waals surface area contributed by atoms with Gasteiger partial charge in [0.2, 0.25) is 0 Å². The Kier molecular flexibility index (Phi) is 7.38. The fourth-order valence-electron chi connectivity index (χ4n) is 4.83. The second-order valence-corrected chi connectivity index (χ2v) is 10.5. The lowest BCUT2D eigenvalue weighted by Crippen LogP contribution is -2.40. The molecule has 0 saturated carbocycles. The van der Waals surface area contributed by atoms with Crippen LogP contribution in [0.4, 0.5) is 14.5 Å². The van der Waals surface area contributed by atoms with Gasteiger partial charge in [0, 0.05) is 46.5 Å². The van der Waals surface area contributed by atoms with Gasteiger partial charge in [0.25, 0.3) is 0 Å². The van der Waals surface area contributed by atoms with Crippen LogP contribution in [0.2, 0.25) is 5.02 Å². The fourth-order valence-corrected chi connectivity index (χ4v) is 4.96. The Labute approximate surface area is 230 Å². The minimum absolute atomic E-state index is 0.0545. The Morgan fingerprint density at radius 2 is 1.79 bits per heavy atom. The molecular weight excluding hydrogens is 522 g/mol. The van der Waals surface area contributed by atoms with Crippen LogP contribution in [-0.4, -0.2) is 35.7 Å². The van der Waals surface area contributed by atoms with Gasteiger partial charge in [-0.15, -0.1) is 0 Å². The summed E-state index contributed by atoms with van der Waals surface area (Å²) in [6.45, 7) is 6.60. The Morgan fingerprint density at radius 1 is 1.03 bits per heavy atom. The summed E-state index contributed by atoms with van der Waals surface area (Å²) in [5.74, 6) is -1.57. The fraction of sp³-hybridized carbons (Fsp3) is 0.276. The first-order valence-corrected chi connectivity index (χ1v) is 13.0. The predicted octanol–water partition coefficient (Wildman–Crippen LogP) is 6.12. The van der Waals surface area contributed by atoms with Crippen LogP contribution < -0.4 is 4.90 Å². The second kappa shape index (κ2) is 10.7. The third-order valence-corrected chi connectivity index (χ3v) is 7.33. The molecule has 0 radical (unpaired) electrons. The van der Waals surface area contributed by atoms with E-state index in [0.717, 1.165) is 34.3 Å². The van der Waals surface area contributed by atoms with Gasteiger partial charge >= 0.3 is 0 Å². The van der Waals surface area contributed by atoms with Crippen molar-refractivity contribution in [1.29, 1.82) is 0 Å². The van der Waals surface area contributed by atoms with E-state index in [1.165, 1.54) is 23.4 Å². The number of benzene rings is 3. The zero-order valence-electron chi connectivity index (χ0n) is 21.8. The number of halogens is 3. The first-order valence-electron chi connectivity index (χ1n) is 12.6. The number of aliphatic hydroxyl groups is 1. The summed E-state index contributed by atoms with van der Waals surface area (Å²) in [6, 6.07) is 16.4. The van der Waals surface area contributed by atoms with Crippen LogP contribution in [-0.2, 0) is 18.7 Å². The number of aromatic nitrogens is 5. The predicted molar refractivity (Wildman–Crippen MR) is 147 cm³/mol. The van der Waals surface area contributed by atoms with E-state index in [1.54, 1.807) is 11.6 Å². The monoisotopic (exact) mass is 550 g/mol. The summed E-state index contributed by atoms with van der Waals surface area (Å²) in [5.41, 5.74) is 1.01. The molecule has 10 heteroatoms. The molecule has 0 saturated heterocycles. The maximum absolute atomic E-state index is 15.0. The summed E-state index contributed by atoms with van der Waals surface area (Å²) < 4.78 is 31.7. The molecular formula is C29H29ClF2N6O.